The molecule has 0 fully saturated rings. The van der Waals surface area contributed by atoms with E-state index in [2.05, 4.69) is 28.8 Å². The molecule has 29 heavy (non-hydrogen) atoms. The maximum atomic E-state index is 12.6. The summed E-state index contributed by atoms with van der Waals surface area (Å²) in [7, 11) is 0. The van der Waals surface area contributed by atoms with Gasteiger partial charge in [-0.05, 0) is 66.5 Å². The molecule has 0 saturated carbocycles. The summed E-state index contributed by atoms with van der Waals surface area (Å²) >= 11 is 5.98. The van der Waals surface area contributed by atoms with E-state index < -0.39 is 0 Å². The maximum absolute atomic E-state index is 12.6. The third-order valence-electron chi connectivity index (χ3n) is 5.30. The summed E-state index contributed by atoms with van der Waals surface area (Å²) < 4.78 is 0. The third-order valence-corrected chi connectivity index (χ3v) is 5.53. The minimum Gasteiger partial charge on any atom is -0.386 e. The fourth-order valence-electron chi connectivity index (χ4n) is 3.69. The molecular weight excluding hydrogens is 382 g/mol. The number of aryl methyl sites for hydroxylation is 2. The molecule has 150 valence electrons. The molecule has 0 aliphatic heterocycles. The monoisotopic (exact) mass is 407 g/mol. The maximum Gasteiger partial charge on any atom is 0.263 e. The van der Waals surface area contributed by atoms with E-state index in [1.807, 2.05) is 31.2 Å². The van der Waals surface area contributed by atoms with Gasteiger partial charge in [0.15, 0.2) is 0 Å². The first-order valence-corrected chi connectivity index (χ1v) is 10.5. The molecule has 0 aromatic heterocycles. The van der Waals surface area contributed by atoms with Crippen LogP contribution in [-0.2, 0) is 24.2 Å². The minimum atomic E-state index is -0.365. The number of nitriles is 1. The predicted octanol–water partition coefficient (Wildman–Crippen LogP) is 4.98. The number of halogens is 1. The van der Waals surface area contributed by atoms with Crippen LogP contribution in [0.3, 0.4) is 0 Å². The van der Waals surface area contributed by atoms with Crippen LogP contribution in [0.5, 0.6) is 0 Å². The molecule has 2 aromatic carbocycles. The third kappa shape index (κ3) is 5.62. The van der Waals surface area contributed by atoms with E-state index in [1.165, 1.54) is 30.2 Å². The Morgan fingerprint density at radius 3 is 2.72 bits per heavy atom. The average Bonchev–Trinajstić information content (AvgIpc) is 2.74. The van der Waals surface area contributed by atoms with Crippen LogP contribution in [0, 0.1) is 11.3 Å². The van der Waals surface area contributed by atoms with Gasteiger partial charge in [0.2, 0.25) is 0 Å². The first kappa shape index (κ1) is 21.0. The van der Waals surface area contributed by atoms with Gasteiger partial charge in [-0.15, -0.1) is 0 Å². The summed E-state index contributed by atoms with van der Waals surface area (Å²) in [6, 6.07) is 15.8. The molecule has 2 N–H and O–H groups in total. The van der Waals surface area contributed by atoms with Crippen molar-refractivity contribution >= 4 is 17.5 Å². The van der Waals surface area contributed by atoms with Gasteiger partial charge in [0.1, 0.15) is 11.6 Å². The highest BCUT2D eigenvalue weighted by atomic mass is 35.5. The Labute approximate surface area is 177 Å². The van der Waals surface area contributed by atoms with Crippen LogP contribution in [0.1, 0.15) is 54.5 Å². The number of fused-ring (bicyclic) bond motifs is 1. The lowest BCUT2D eigenvalue weighted by Crippen LogP contribution is -2.30. The van der Waals surface area contributed by atoms with E-state index in [1.54, 1.807) is 6.07 Å². The number of benzene rings is 2. The number of hydrogen-bond acceptors (Lipinski definition) is 3. The summed E-state index contributed by atoms with van der Waals surface area (Å²) in [5, 5.41) is 16.1. The van der Waals surface area contributed by atoms with Crippen LogP contribution in [0.25, 0.3) is 0 Å². The number of carbonyl (C=O) groups is 1. The van der Waals surface area contributed by atoms with Gasteiger partial charge < -0.3 is 10.6 Å². The van der Waals surface area contributed by atoms with Crippen molar-refractivity contribution in [2.75, 3.05) is 0 Å². The van der Waals surface area contributed by atoms with Crippen molar-refractivity contribution < 1.29 is 4.79 Å². The molecule has 1 aliphatic rings. The second-order valence-corrected chi connectivity index (χ2v) is 7.79. The number of rotatable bonds is 7. The second-order valence-electron chi connectivity index (χ2n) is 7.35. The zero-order valence-electron chi connectivity index (χ0n) is 16.7. The lowest BCUT2D eigenvalue weighted by molar-refractivity contribution is -0.117. The van der Waals surface area contributed by atoms with Crippen LogP contribution in [-0.4, -0.2) is 5.91 Å². The van der Waals surface area contributed by atoms with Gasteiger partial charge in [-0.3, -0.25) is 4.79 Å². The lowest BCUT2D eigenvalue weighted by atomic mass is 9.88. The smallest absolute Gasteiger partial charge is 0.263 e. The molecule has 3 rings (SSSR count). The van der Waals surface area contributed by atoms with Crippen molar-refractivity contribution in [3.63, 3.8) is 0 Å². The van der Waals surface area contributed by atoms with Crippen LogP contribution in [0.15, 0.2) is 54.2 Å². The standard InChI is InChI=1S/C24H26ClN3O/c1-2-23(20-11-10-18-7-3-4-8-19(18)13-20)28-24(29)21(14-26)16-27-15-17-6-5-9-22(25)12-17/h5-6,9-13,16,23,27H,2-4,7-8,15H2,1H3,(H,28,29)/b21-16-. The lowest BCUT2D eigenvalue weighted by Gasteiger charge is -2.21. The number of carbonyl (C=O) groups excluding carboxylic acids is 1. The van der Waals surface area contributed by atoms with E-state index in [0.29, 0.717) is 11.6 Å². The summed E-state index contributed by atoms with van der Waals surface area (Å²) in [6.07, 6.45) is 6.94. The first-order chi connectivity index (χ1) is 14.1. The second kappa shape index (κ2) is 10.1. The Bertz CT molecular complexity index is 945. The predicted molar refractivity (Wildman–Crippen MR) is 116 cm³/mol. The Kier molecular flexibility index (Phi) is 7.32. The Morgan fingerprint density at radius 2 is 2.00 bits per heavy atom. The summed E-state index contributed by atoms with van der Waals surface area (Å²) in [5.74, 6) is -0.365. The van der Waals surface area contributed by atoms with Crippen LogP contribution in [0.4, 0.5) is 0 Å². The fraction of sp³-hybridized carbons (Fsp3) is 0.333. The van der Waals surface area contributed by atoms with Crippen LogP contribution >= 0.6 is 11.6 Å². The largest absolute Gasteiger partial charge is 0.386 e. The first-order valence-electron chi connectivity index (χ1n) is 10.1. The molecule has 5 heteroatoms. The van der Waals surface area contributed by atoms with Gasteiger partial charge >= 0.3 is 0 Å². The molecule has 0 bridgehead atoms. The van der Waals surface area contributed by atoms with E-state index >= 15 is 0 Å². The SMILES string of the molecule is CCC(NC(=O)/C(C#N)=C\NCc1cccc(Cl)c1)c1ccc2c(c1)CCCC2. The van der Waals surface area contributed by atoms with E-state index in [-0.39, 0.29) is 17.5 Å². The summed E-state index contributed by atoms with van der Waals surface area (Å²) in [5.41, 5.74) is 4.95. The fourth-order valence-corrected chi connectivity index (χ4v) is 3.91. The van der Waals surface area contributed by atoms with Crippen LogP contribution in [0.2, 0.25) is 5.02 Å². The number of nitrogens with one attached hydrogen (secondary N) is 2. The number of hydrogen-bond donors (Lipinski definition) is 2. The van der Waals surface area contributed by atoms with Crippen molar-refractivity contribution in [1.29, 1.82) is 5.26 Å². The molecule has 1 aliphatic carbocycles. The highest BCUT2D eigenvalue weighted by Crippen LogP contribution is 2.26. The molecule has 2 aromatic rings. The molecule has 0 spiro atoms. The molecule has 0 saturated heterocycles. The highest BCUT2D eigenvalue weighted by Gasteiger charge is 2.18. The molecular formula is C24H26ClN3O. The van der Waals surface area contributed by atoms with Gasteiger partial charge in [0.25, 0.3) is 5.91 Å². The zero-order valence-corrected chi connectivity index (χ0v) is 17.4. The number of nitrogens with zero attached hydrogens (tertiary/aromatic N) is 1. The topological polar surface area (TPSA) is 64.9 Å². The number of amides is 1. The molecule has 1 atom stereocenters. The van der Waals surface area contributed by atoms with Gasteiger partial charge in [0, 0.05) is 17.8 Å². The zero-order chi connectivity index (χ0) is 20.6. The summed E-state index contributed by atoms with van der Waals surface area (Å²) in [4.78, 5) is 12.6. The summed E-state index contributed by atoms with van der Waals surface area (Å²) in [6.45, 7) is 2.53. The normalized spacial score (nSPS) is 14.4. The Morgan fingerprint density at radius 1 is 1.21 bits per heavy atom. The Balaban J connectivity index is 1.65. The van der Waals surface area contributed by atoms with E-state index in [9.17, 15) is 10.1 Å². The van der Waals surface area contributed by atoms with Crippen molar-refractivity contribution in [2.45, 2.75) is 51.6 Å². The molecule has 0 heterocycles. The van der Waals surface area contributed by atoms with Crippen molar-refractivity contribution in [2.24, 2.45) is 0 Å². The van der Waals surface area contributed by atoms with Crippen molar-refractivity contribution in [3.05, 3.63) is 81.5 Å². The van der Waals surface area contributed by atoms with Gasteiger partial charge in [-0.25, -0.2) is 0 Å². The van der Waals surface area contributed by atoms with E-state index in [0.717, 1.165) is 30.4 Å². The molecule has 1 unspecified atom stereocenters. The minimum absolute atomic E-state index is 0.0587. The van der Waals surface area contributed by atoms with Gasteiger partial charge in [0.05, 0.1) is 6.04 Å². The molecule has 4 nitrogen and oxygen atoms in total. The molecule has 0 radical (unpaired) electrons. The van der Waals surface area contributed by atoms with Gasteiger partial charge in [-0.2, -0.15) is 5.26 Å². The van der Waals surface area contributed by atoms with E-state index in [4.69, 9.17) is 11.6 Å². The average molecular weight is 408 g/mol. The van der Waals surface area contributed by atoms with Crippen LogP contribution < -0.4 is 10.6 Å². The van der Waals surface area contributed by atoms with Gasteiger partial charge in [-0.1, -0.05) is 48.9 Å². The quantitative estimate of drug-likeness (QED) is 0.502. The Hall–Kier alpha value is -2.77. The van der Waals surface area contributed by atoms with Crippen molar-refractivity contribution in [1.82, 2.24) is 10.6 Å². The van der Waals surface area contributed by atoms with Crippen molar-refractivity contribution in [3.8, 4) is 6.07 Å². The molecule has 1 amide bonds. The highest BCUT2D eigenvalue weighted by molar-refractivity contribution is 6.30.